The van der Waals surface area contributed by atoms with Gasteiger partial charge in [0, 0.05) is 43.1 Å². The summed E-state index contributed by atoms with van der Waals surface area (Å²) in [6.45, 7) is 2.84. The maximum absolute atomic E-state index is 15.3. The Morgan fingerprint density at radius 2 is 1.83 bits per heavy atom. The van der Waals surface area contributed by atoms with Gasteiger partial charge < -0.3 is 4.90 Å². The second-order valence-electron chi connectivity index (χ2n) is 7.76. The highest BCUT2D eigenvalue weighted by Gasteiger charge is 2.35. The zero-order valence-electron chi connectivity index (χ0n) is 16.5. The number of likely N-dealkylation sites (tertiary alicyclic amines) is 1. The number of pyridine rings is 1. The number of benzene rings is 2. The maximum atomic E-state index is 15.3. The minimum absolute atomic E-state index is 0.109. The molecule has 0 saturated carbocycles. The maximum Gasteiger partial charge on any atom is 0.222 e. The van der Waals surface area contributed by atoms with E-state index < -0.39 is 5.67 Å². The highest BCUT2D eigenvalue weighted by molar-refractivity contribution is 6.38. The lowest BCUT2D eigenvalue weighted by atomic mass is 9.86. The zero-order valence-corrected chi connectivity index (χ0v) is 17.3. The summed E-state index contributed by atoms with van der Waals surface area (Å²) in [5.74, 6) is 0.109. The SMILES string of the molecule is CCC(=O)N1CCC(F)(Cc2ccc(-c3cnc4ccccc4c3Cl)cc2)CC1. The van der Waals surface area contributed by atoms with Crippen LogP contribution in [-0.2, 0) is 11.2 Å². The molecule has 29 heavy (non-hydrogen) atoms. The fraction of sp³-hybridized carbons (Fsp3) is 0.333. The van der Waals surface area contributed by atoms with Crippen LogP contribution >= 0.6 is 11.6 Å². The first kappa shape index (κ1) is 19.8. The Bertz CT molecular complexity index is 1030. The van der Waals surface area contributed by atoms with Crippen LogP contribution in [0, 0.1) is 0 Å². The number of carbonyl (C=O) groups excluding carboxylic acids is 1. The predicted octanol–water partition coefficient (Wildman–Crippen LogP) is 5.84. The summed E-state index contributed by atoms with van der Waals surface area (Å²) in [4.78, 5) is 18.1. The number of aromatic nitrogens is 1. The van der Waals surface area contributed by atoms with E-state index in [0.29, 0.717) is 43.8 Å². The van der Waals surface area contributed by atoms with E-state index in [1.54, 1.807) is 11.1 Å². The first-order chi connectivity index (χ1) is 14.0. The molecule has 1 saturated heterocycles. The minimum Gasteiger partial charge on any atom is -0.342 e. The van der Waals surface area contributed by atoms with Crippen molar-refractivity contribution in [2.24, 2.45) is 0 Å². The predicted molar refractivity (Wildman–Crippen MR) is 116 cm³/mol. The van der Waals surface area contributed by atoms with Crippen molar-refractivity contribution < 1.29 is 9.18 Å². The first-order valence-corrected chi connectivity index (χ1v) is 10.5. The van der Waals surface area contributed by atoms with E-state index in [-0.39, 0.29) is 5.91 Å². The number of alkyl halides is 1. The van der Waals surface area contributed by atoms with Crippen molar-refractivity contribution >= 4 is 28.4 Å². The van der Waals surface area contributed by atoms with E-state index in [0.717, 1.165) is 27.6 Å². The largest absolute Gasteiger partial charge is 0.342 e. The molecule has 2 heterocycles. The van der Waals surface area contributed by atoms with Gasteiger partial charge in [0.05, 0.1) is 10.5 Å². The van der Waals surface area contributed by atoms with E-state index >= 15 is 4.39 Å². The van der Waals surface area contributed by atoms with Crippen molar-refractivity contribution in [2.75, 3.05) is 13.1 Å². The third-order valence-electron chi connectivity index (χ3n) is 5.81. The highest BCUT2D eigenvalue weighted by atomic mass is 35.5. The molecule has 1 aliphatic rings. The lowest BCUT2D eigenvalue weighted by molar-refractivity contribution is -0.133. The van der Waals surface area contributed by atoms with Crippen molar-refractivity contribution in [1.29, 1.82) is 0 Å². The molecule has 0 radical (unpaired) electrons. The number of hydrogen-bond acceptors (Lipinski definition) is 2. The second-order valence-corrected chi connectivity index (χ2v) is 8.14. The Hall–Kier alpha value is -2.46. The Morgan fingerprint density at radius 3 is 2.52 bits per heavy atom. The summed E-state index contributed by atoms with van der Waals surface area (Å²) in [6, 6.07) is 15.7. The van der Waals surface area contributed by atoms with Gasteiger partial charge in [-0.15, -0.1) is 0 Å². The molecule has 0 spiro atoms. The molecule has 150 valence electrons. The van der Waals surface area contributed by atoms with Crippen LogP contribution in [0.3, 0.4) is 0 Å². The van der Waals surface area contributed by atoms with Gasteiger partial charge >= 0.3 is 0 Å². The number of piperidine rings is 1. The topological polar surface area (TPSA) is 33.2 Å². The van der Waals surface area contributed by atoms with Crippen molar-refractivity contribution in [1.82, 2.24) is 9.88 Å². The van der Waals surface area contributed by atoms with Crippen LogP contribution in [0.2, 0.25) is 5.02 Å². The fourth-order valence-corrected chi connectivity index (χ4v) is 4.35. The summed E-state index contributed by atoms with van der Waals surface area (Å²) in [6.07, 6.45) is 3.41. The van der Waals surface area contributed by atoms with Crippen molar-refractivity contribution in [2.45, 2.75) is 38.3 Å². The van der Waals surface area contributed by atoms with Crippen LogP contribution in [0.1, 0.15) is 31.7 Å². The highest BCUT2D eigenvalue weighted by Crippen LogP contribution is 2.34. The number of rotatable bonds is 4. The summed E-state index contributed by atoms with van der Waals surface area (Å²) < 4.78 is 15.3. The number of fused-ring (bicyclic) bond motifs is 1. The molecule has 1 aromatic heterocycles. The Kier molecular flexibility index (Phi) is 5.55. The fourth-order valence-electron chi connectivity index (χ4n) is 4.03. The minimum atomic E-state index is -1.26. The number of carbonyl (C=O) groups is 1. The van der Waals surface area contributed by atoms with Gasteiger partial charge in [0.1, 0.15) is 5.67 Å². The van der Waals surface area contributed by atoms with Crippen LogP contribution < -0.4 is 0 Å². The number of halogens is 2. The van der Waals surface area contributed by atoms with Crippen LogP contribution in [0.25, 0.3) is 22.0 Å². The normalized spacial score (nSPS) is 16.2. The molecule has 0 unspecified atom stereocenters. The molecular weight excluding hydrogens is 387 g/mol. The number of hydrogen-bond donors (Lipinski definition) is 0. The molecule has 1 fully saturated rings. The lowest BCUT2D eigenvalue weighted by Crippen LogP contribution is -2.45. The monoisotopic (exact) mass is 410 g/mol. The van der Waals surface area contributed by atoms with Gasteiger partial charge in [-0.25, -0.2) is 4.39 Å². The summed E-state index contributed by atoms with van der Waals surface area (Å²) in [7, 11) is 0. The zero-order chi connectivity index (χ0) is 20.4. The number of para-hydroxylation sites is 1. The molecule has 4 rings (SSSR count). The van der Waals surface area contributed by atoms with Crippen LogP contribution in [0.15, 0.2) is 54.7 Å². The molecule has 0 bridgehead atoms. The van der Waals surface area contributed by atoms with E-state index in [1.807, 2.05) is 55.5 Å². The number of amides is 1. The smallest absolute Gasteiger partial charge is 0.222 e. The van der Waals surface area contributed by atoms with Crippen molar-refractivity contribution in [3.8, 4) is 11.1 Å². The van der Waals surface area contributed by atoms with Gasteiger partial charge in [0.2, 0.25) is 5.91 Å². The van der Waals surface area contributed by atoms with Crippen LogP contribution in [0.5, 0.6) is 0 Å². The van der Waals surface area contributed by atoms with E-state index in [9.17, 15) is 4.79 Å². The van der Waals surface area contributed by atoms with Gasteiger partial charge in [0.15, 0.2) is 0 Å². The molecule has 2 aromatic carbocycles. The average Bonchev–Trinajstić information content (AvgIpc) is 2.75. The molecule has 3 nitrogen and oxygen atoms in total. The standard InChI is InChI=1S/C24H24ClFN2O/c1-2-22(29)28-13-11-24(26,12-14-28)15-17-7-9-18(10-8-17)20-16-27-21-6-4-3-5-19(21)23(20)25/h3-10,16H,2,11-15H2,1H3. The van der Waals surface area contributed by atoms with Gasteiger partial charge in [-0.05, 0) is 30.0 Å². The van der Waals surface area contributed by atoms with Crippen molar-refractivity contribution in [3.63, 3.8) is 0 Å². The Labute approximate surface area is 175 Å². The molecule has 1 amide bonds. The van der Waals surface area contributed by atoms with Gasteiger partial charge in [-0.2, -0.15) is 0 Å². The van der Waals surface area contributed by atoms with E-state index in [4.69, 9.17) is 11.6 Å². The number of nitrogens with zero attached hydrogens (tertiary/aromatic N) is 2. The van der Waals surface area contributed by atoms with Gasteiger partial charge in [-0.3, -0.25) is 9.78 Å². The molecule has 1 aliphatic heterocycles. The first-order valence-electron chi connectivity index (χ1n) is 10.1. The molecule has 3 aromatic rings. The molecule has 0 N–H and O–H groups in total. The lowest BCUT2D eigenvalue weighted by Gasteiger charge is -2.36. The second kappa shape index (κ2) is 8.11. The third-order valence-corrected chi connectivity index (χ3v) is 6.22. The Morgan fingerprint density at radius 1 is 1.14 bits per heavy atom. The summed E-state index contributed by atoms with van der Waals surface area (Å²) >= 11 is 6.61. The summed E-state index contributed by atoms with van der Waals surface area (Å²) in [5, 5.41) is 1.60. The van der Waals surface area contributed by atoms with Gasteiger partial charge in [-0.1, -0.05) is 61.0 Å². The molecular formula is C24H24ClFN2O. The average molecular weight is 411 g/mol. The van der Waals surface area contributed by atoms with Crippen LogP contribution in [-0.4, -0.2) is 34.5 Å². The Balaban J connectivity index is 1.49. The van der Waals surface area contributed by atoms with E-state index in [1.165, 1.54) is 0 Å². The quantitative estimate of drug-likeness (QED) is 0.541. The molecule has 0 atom stereocenters. The summed E-state index contributed by atoms with van der Waals surface area (Å²) in [5.41, 5.74) is 2.40. The third kappa shape index (κ3) is 4.13. The van der Waals surface area contributed by atoms with Crippen LogP contribution in [0.4, 0.5) is 4.39 Å². The van der Waals surface area contributed by atoms with Crippen molar-refractivity contribution in [3.05, 3.63) is 65.3 Å². The van der Waals surface area contributed by atoms with E-state index in [2.05, 4.69) is 4.98 Å². The molecule has 5 heteroatoms. The van der Waals surface area contributed by atoms with Gasteiger partial charge in [0.25, 0.3) is 0 Å². The molecule has 0 aliphatic carbocycles.